The Balaban J connectivity index is 2.95. The van der Waals surface area contributed by atoms with E-state index in [1.165, 1.54) is 57.8 Å². The van der Waals surface area contributed by atoms with Gasteiger partial charge >= 0.3 is 0 Å². The zero-order valence-electron chi connectivity index (χ0n) is 16.1. The molecule has 0 N–H and O–H groups in total. The third kappa shape index (κ3) is 21.9. The van der Waals surface area contributed by atoms with E-state index in [-0.39, 0.29) is 0 Å². The first-order valence-electron chi connectivity index (χ1n) is 10.0. The van der Waals surface area contributed by atoms with Crippen LogP contribution in [0.2, 0.25) is 0 Å². The lowest BCUT2D eigenvalue weighted by molar-refractivity contribution is 0.0134. The molecule has 0 heterocycles. The number of hydrogen-bond acceptors (Lipinski definition) is 3. The first kappa shape index (κ1) is 22.9. The van der Waals surface area contributed by atoms with Crippen LogP contribution in [0.3, 0.4) is 0 Å². The van der Waals surface area contributed by atoms with Gasteiger partial charge < -0.3 is 14.2 Å². The van der Waals surface area contributed by atoms with Gasteiger partial charge in [-0.1, -0.05) is 72.1 Å². The van der Waals surface area contributed by atoms with Crippen molar-refractivity contribution in [2.45, 2.75) is 85.0 Å². The number of rotatable bonds is 19. The number of ether oxygens (including phenoxy) is 3. The van der Waals surface area contributed by atoms with Crippen molar-refractivity contribution in [1.82, 2.24) is 0 Å². The normalized spacial score (nSPS) is 11.5. The molecule has 0 bridgehead atoms. The number of hydrogen-bond donors (Lipinski definition) is 0. The van der Waals surface area contributed by atoms with Crippen LogP contribution in [0, 0.1) is 5.92 Å². The third-order valence-electron chi connectivity index (χ3n) is 3.96. The second-order valence-electron chi connectivity index (χ2n) is 6.85. The smallest absolute Gasteiger partial charge is 0.0701 e. The maximum atomic E-state index is 5.58. The van der Waals surface area contributed by atoms with Gasteiger partial charge in [0.25, 0.3) is 0 Å². The van der Waals surface area contributed by atoms with E-state index in [1.807, 2.05) is 0 Å². The van der Waals surface area contributed by atoms with Gasteiger partial charge in [-0.15, -0.1) is 0 Å². The van der Waals surface area contributed by atoms with E-state index in [1.54, 1.807) is 0 Å². The Morgan fingerprint density at radius 2 is 0.957 bits per heavy atom. The molecule has 0 aromatic rings. The van der Waals surface area contributed by atoms with Gasteiger partial charge in [-0.25, -0.2) is 0 Å². The molecule has 0 aliphatic carbocycles. The maximum Gasteiger partial charge on any atom is 0.0701 e. The van der Waals surface area contributed by atoms with Crippen LogP contribution < -0.4 is 0 Å². The Kier molecular flexibility index (Phi) is 19.8. The average molecular weight is 331 g/mol. The van der Waals surface area contributed by atoms with Crippen LogP contribution in [-0.4, -0.2) is 39.6 Å². The Bertz CT molecular complexity index is 207. The molecule has 0 rings (SSSR count). The Labute approximate surface area is 145 Å². The van der Waals surface area contributed by atoms with Crippen LogP contribution in [0.5, 0.6) is 0 Å². The van der Waals surface area contributed by atoms with E-state index < -0.39 is 0 Å². The molecule has 0 saturated heterocycles. The fraction of sp³-hybridized carbons (Fsp3) is 1.00. The largest absolute Gasteiger partial charge is 0.379 e. The predicted octanol–water partition coefficient (Wildman–Crippen LogP) is 5.61. The van der Waals surface area contributed by atoms with Crippen molar-refractivity contribution in [1.29, 1.82) is 0 Å². The van der Waals surface area contributed by atoms with Gasteiger partial charge in [-0.3, -0.25) is 0 Å². The first-order chi connectivity index (χ1) is 11.3. The van der Waals surface area contributed by atoms with E-state index in [2.05, 4.69) is 20.8 Å². The topological polar surface area (TPSA) is 27.7 Å². The van der Waals surface area contributed by atoms with Crippen molar-refractivity contribution in [3.8, 4) is 0 Å². The van der Waals surface area contributed by atoms with Gasteiger partial charge in [0.2, 0.25) is 0 Å². The van der Waals surface area contributed by atoms with Crippen molar-refractivity contribution in [2.75, 3.05) is 39.6 Å². The molecule has 0 fully saturated rings. The predicted molar refractivity (Wildman–Crippen MR) is 99.1 cm³/mol. The highest BCUT2D eigenvalue weighted by Crippen LogP contribution is 2.11. The maximum absolute atomic E-state index is 5.58. The molecule has 0 saturated carbocycles. The zero-order chi connectivity index (χ0) is 17.0. The molecular weight excluding hydrogens is 288 g/mol. The van der Waals surface area contributed by atoms with Crippen molar-refractivity contribution in [2.24, 2.45) is 5.92 Å². The molecule has 140 valence electrons. The van der Waals surface area contributed by atoms with E-state index in [0.717, 1.165) is 25.6 Å². The van der Waals surface area contributed by atoms with Crippen LogP contribution in [0.25, 0.3) is 0 Å². The fourth-order valence-corrected chi connectivity index (χ4v) is 2.43. The number of unbranched alkanes of at least 4 members (excludes halogenated alkanes) is 7. The molecule has 0 unspecified atom stereocenters. The minimum Gasteiger partial charge on any atom is -0.379 e. The lowest BCUT2D eigenvalue weighted by atomic mass is 10.0. The van der Waals surface area contributed by atoms with Crippen LogP contribution in [0.1, 0.15) is 85.0 Å². The van der Waals surface area contributed by atoms with Crippen LogP contribution in [0.4, 0.5) is 0 Å². The standard InChI is InChI=1S/C20H42O3/c1-4-5-14-21-16-18-23-19-17-22-15-12-10-8-6-7-9-11-13-20(2)3/h20H,4-19H2,1-3H3. The van der Waals surface area contributed by atoms with E-state index in [0.29, 0.717) is 26.4 Å². The average Bonchev–Trinajstić information content (AvgIpc) is 2.53. The van der Waals surface area contributed by atoms with E-state index in [4.69, 9.17) is 14.2 Å². The van der Waals surface area contributed by atoms with Gasteiger partial charge in [-0.05, 0) is 18.8 Å². The molecule has 3 heteroatoms. The van der Waals surface area contributed by atoms with Crippen molar-refractivity contribution in [3.63, 3.8) is 0 Å². The molecule has 0 aliphatic heterocycles. The zero-order valence-corrected chi connectivity index (χ0v) is 16.1. The quantitative estimate of drug-likeness (QED) is 0.288. The SMILES string of the molecule is CCCCOCCOCCOCCCCCCCCCC(C)C. The minimum atomic E-state index is 0.684. The first-order valence-corrected chi connectivity index (χ1v) is 10.0. The molecule has 23 heavy (non-hydrogen) atoms. The molecule has 0 radical (unpaired) electrons. The highest BCUT2D eigenvalue weighted by molar-refractivity contribution is 4.49. The summed E-state index contributed by atoms with van der Waals surface area (Å²) in [6.45, 7) is 11.3. The molecule has 0 aromatic carbocycles. The highest BCUT2D eigenvalue weighted by Gasteiger charge is 1.96. The molecule has 3 nitrogen and oxygen atoms in total. The van der Waals surface area contributed by atoms with Gasteiger partial charge in [0.15, 0.2) is 0 Å². The van der Waals surface area contributed by atoms with E-state index >= 15 is 0 Å². The third-order valence-corrected chi connectivity index (χ3v) is 3.96. The molecule has 0 aliphatic rings. The van der Waals surface area contributed by atoms with Crippen molar-refractivity contribution in [3.05, 3.63) is 0 Å². The van der Waals surface area contributed by atoms with Gasteiger partial charge in [0.1, 0.15) is 0 Å². The fourth-order valence-electron chi connectivity index (χ4n) is 2.43. The summed E-state index contributed by atoms with van der Waals surface area (Å²) in [4.78, 5) is 0. The molecule has 0 amide bonds. The van der Waals surface area contributed by atoms with Crippen LogP contribution in [0.15, 0.2) is 0 Å². The second kappa shape index (κ2) is 19.9. The van der Waals surface area contributed by atoms with Gasteiger partial charge in [0.05, 0.1) is 26.4 Å². The Morgan fingerprint density at radius 1 is 0.522 bits per heavy atom. The van der Waals surface area contributed by atoms with Crippen molar-refractivity contribution < 1.29 is 14.2 Å². The summed E-state index contributed by atoms with van der Waals surface area (Å²) >= 11 is 0. The molecule has 0 atom stereocenters. The van der Waals surface area contributed by atoms with Gasteiger partial charge in [-0.2, -0.15) is 0 Å². The molecule has 0 spiro atoms. The minimum absolute atomic E-state index is 0.684. The van der Waals surface area contributed by atoms with Gasteiger partial charge in [0, 0.05) is 13.2 Å². The summed E-state index contributed by atoms with van der Waals surface area (Å²) in [6, 6.07) is 0. The summed E-state index contributed by atoms with van der Waals surface area (Å²) in [7, 11) is 0. The second-order valence-corrected chi connectivity index (χ2v) is 6.85. The monoisotopic (exact) mass is 330 g/mol. The summed E-state index contributed by atoms with van der Waals surface area (Å²) in [5.41, 5.74) is 0. The Hall–Kier alpha value is -0.120. The lowest BCUT2D eigenvalue weighted by Gasteiger charge is -2.07. The molecule has 0 aromatic heterocycles. The lowest BCUT2D eigenvalue weighted by Crippen LogP contribution is -2.10. The Morgan fingerprint density at radius 3 is 1.48 bits per heavy atom. The molecular formula is C20H42O3. The summed E-state index contributed by atoms with van der Waals surface area (Å²) in [6.07, 6.45) is 13.2. The summed E-state index contributed by atoms with van der Waals surface area (Å²) in [5, 5.41) is 0. The van der Waals surface area contributed by atoms with E-state index in [9.17, 15) is 0 Å². The van der Waals surface area contributed by atoms with Crippen molar-refractivity contribution >= 4 is 0 Å². The summed E-state index contributed by atoms with van der Waals surface area (Å²) in [5.74, 6) is 0.865. The van der Waals surface area contributed by atoms with Crippen LogP contribution in [-0.2, 0) is 14.2 Å². The summed E-state index contributed by atoms with van der Waals surface area (Å²) < 4.78 is 16.5. The highest BCUT2D eigenvalue weighted by atomic mass is 16.5. The van der Waals surface area contributed by atoms with Crippen LogP contribution >= 0.6 is 0 Å².